The smallest absolute Gasteiger partial charge is 0.232 e. The van der Waals surface area contributed by atoms with Crippen molar-refractivity contribution in [1.29, 1.82) is 0 Å². The molecular formula is C25H26N6S. The van der Waals surface area contributed by atoms with Gasteiger partial charge in [0.1, 0.15) is 6.04 Å². The number of hydrogen-bond acceptors (Lipinski definition) is 7. The molecule has 0 bridgehead atoms. The van der Waals surface area contributed by atoms with Crippen molar-refractivity contribution in [3.05, 3.63) is 108 Å². The second-order valence-electron chi connectivity index (χ2n) is 7.26. The number of guanidine groups is 1. The molecule has 7 heteroatoms. The van der Waals surface area contributed by atoms with Crippen LogP contribution in [0, 0.1) is 0 Å². The van der Waals surface area contributed by atoms with Crippen molar-refractivity contribution in [1.82, 2.24) is 16.3 Å². The van der Waals surface area contributed by atoms with Crippen LogP contribution >= 0.6 is 11.8 Å². The van der Waals surface area contributed by atoms with Gasteiger partial charge in [0.15, 0.2) is 0 Å². The summed E-state index contributed by atoms with van der Waals surface area (Å²) in [7, 11) is 0. The predicted octanol–water partition coefficient (Wildman–Crippen LogP) is 4.46. The van der Waals surface area contributed by atoms with E-state index in [1.54, 1.807) is 11.8 Å². The van der Waals surface area contributed by atoms with E-state index in [0.717, 1.165) is 27.4 Å². The molecule has 0 aliphatic carbocycles. The maximum atomic E-state index is 6.03. The number of hydrazone groups is 1. The van der Waals surface area contributed by atoms with Crippen molar-refractivity contribution in [2.75, 3.05) is 5.73 Å². The highest BCUT2D eigenvalue weighted by Crippen LogP contribution is 2.28. The van der Waals surface area contributed by atoms with E-state index >= 15 is 0 Å². The molecule has 0 unspecified atom stereocenters. The first-order valence-corrected chi connectivity index (χ1v) is 11.3. The number of nitrogens with zero attached hydrogens (tertiary/aromatic N) is 2. The van der Waals surface area contributed by atoms with Crippen LogP contribution in [0.1, 0.15) is 24.1 Å². The van der Waals surface area contributed by atoms with Crippen LogP contribution in [0.2, 0.25) is 0 Å². The molecule has 2 atom stereocenters. The van der Waals surface area contributed by atoms with Crippen LogP contribution < -0.4 is 22.0 Å². The van der Waals surface area contributed by atoms with Gasteiger partial charge < -0.3 is 11.2 Å². The molecule has 0 radical (unpaired) electrons. The average Bonchev–Trinajstić information content (AvgIpc) is 2.84. The average molecular weight is 443 g/mol. The Morgan fingerprint density at radius 2 is 1.66 bits per heavy atom. The molecule has 1 aliphatic rings. The van der Waals surface area contributed by atoms with Crippen molar-refractivity contribution in [3.63, 3.8) is 0 Å². The molecule has 5 N–H and O–H groups in total. The van der Waals surface area contributed by atoms with Gasteiger partial charge in [-0.3, -0.25) is 5.43 Å². The van der Waals surface area contributed by atoms with Crippen molar-refractivity contribution in [3.8, 4) is 0 Å². The maximum Gasteiger partial charge on any atom is 0.232 e. The van der Waals surface area contributed by atoms with E-state index in [0.29, 0.717) is 5.96 Å². The second kappa shape index (κ2) is 10.5. The third-order valence-electron chi connectivity index (χ3n) is 4.86. The normalized spacial score (nSPS) is 16.6. The van der Waals surface area contributed by atoms with Crippen LogP contribution in [0.4, 0.5) is 5.69 Å². The van der Waals surface area contributed by atoms with Gasteiger partial charge in [-0.25, -0.2) is 10.4 Å². The van der Waals surface area contributed by atoms with E-state index < -0.39 is 0 Å². The maximum absolute atomic E-state index is 6.03. The SMILES string of the molecule is C[C@@H](/C=C\NNC1=N[C@H](c2ccccc2)C(c2ccccc2)=NN1)Sc1ccccc1N. The van der Waals surface area contributed by atoms with Gasteiger partial charge in [-0.2, -0.15) is 5.10 Å². The first-order chi connectivity index (χ1) is 15.7. The predicted molar refractivity (Wildman–Crippen MR) is 134 cm³/mol. The van der Waals surface area contributed by atoms with Gasteiger partial charge in [0.05, 0.1) is 5.71 Å². The Morgan fingerprint density at radius 1 is 0.969 bits per heavy atom. The summed E-state index contributed by atoms with van der Waals surface area (Å²) in [6, 6.07) is 27.9. The molecule has 3 aromatic carbocycles. The van der Waals surface area contributed by atoms with Crippen LogP contribution in [0.5, 0.6) is 0 Å². The zero-order valence-electron chi connectivity index (χ0n) is 17.8. The van der Waals surface area contributed by atoms with Crippen LogP contribution in [0.3, 0.4) is 0 Å². The molecule has 162 valence electrons. The number of anilines is 1. The van der Waals surface area contributed by atoms with E-state index in [-0.39, 0.29) is 11.3 Å². The summed E-state index contributed by atoms with van der Waals surface area (Å²) in [5, 5.41) is 4.85. The third-order valence-corrected chi connectivity index (χ3v) is 6.01. The Hall–Kier alpha value is -3.71. The molecule has 1 aliphatic heterocycles. The Kier molecular flexibility index (Phi) is 7.09. The lowest BCUT2D eigenvalue weighted by atomic mass is 9.97. The number of aliphatic imine (C=N–C) groups is 1. The monoisotopic (exact) mass is 442 g/mol. The largest absolute Gasteiger partial charge is 0.398 e. The van der Waals surface area contributed by atoms with Gasteiger partial charge in [-0.1, -0.05) is 78.9 Å². The minimum atomic E-state index is -0.205. The molecule has 3 aromatic rings. The summed E-state index contributed by atoms with van der Waals surface area (Å²) in [5.74, 6) is 0.552. The van der Waals surface area contributed by atoms with Crippen molar-refractivity contribution >= 4 is 29.1 Å². The fourth-order valence-electron chi connectivity index (χ4n) is 3.27. The minimum Gasteiger partial charge on any atom is -0.398 e. The summed E-state index contributed by atoms with van der Waals surface area (Å²) >= 11 is 1.70. The fourth-order valence-corrected chi connectivity index (χ4v) is 4.19. The third kappa shape index (κ3) is 5.50. The number of benzene rings is 3. The highest BCUT2D eigenvalue weighted by molar-refractivity contribution is 8.00. The zero-order valence-corrected chi connectivity index (χ0v) is 18.6. The van der Waals surface area contributed by atoms with Gasteiger partial charge >= 0.3 is 0 Å². The molecule has 0 saturated heterocycles. The molecule has 1 heterocycles. The van der Waals surface area contributed by atoms with Gasteiger partial charge in [0, 0.05) is 27.6 Å². The summed E-state index contributed by atoms with van der Waals surface area (Å²) < 4.78 is 0. The molecule has 0 aromatic heterocycles. The van der Waals surface area contributed by atoms with Crippen LogP contribution in [0.15, 0.2) is 112 Å². The number of para-hydroxylation sites is 1. The lowest BCUT2D eigenvalue weighted by Gasteiger charge is -2.23. The molecule has 6 nitrogen and oxygen atoms in total. The summed E-state index contributed by atoms with van der Waals surface area (Å²) in [6.07, 6.45) is 3.91. The topological polar surface area (TPSA) is 86.8 Å². The van der Waals surface area contributed by atoms with E-state index in [1.165, 1.54) is 0 Å². The number of thioether (sulfide) groups is 1. The fraction of sp³-hybridized carbons (Fsp3) is 0.120. The molecule has 0 fully saturated rings. The van der Waals surface area contributed by atoms with E-state index in [2.05, 4.69) is 46.5 Å². The number of hydrogen-bond donors (Lipinski definition) is 4. The molecule has 0 saturated carbocycles. The van der Waals surface area contributed by atoms with E-state index in [1.807, 2.05) is 79.0 Å². The Labute approximate surface area is 192 Å². The van der Waals surface area contributed by atoms with Crippen molar-refractivity contribution in [2.45, 2.75) is 23.1 Å². The van der Waals surface area contributed by atoms with E-state index in [4.69, 9.17) is 10.7 Å². The summed E-state index contributed by atoms with van der Waals surface area (Å²) in [4.78, 5) is 5.92. The molecule has 0 spiro atoms. The van der Waals surface area contributed by atoms with Gasteiger partial charge in [0.25, 0.3) is 0 Å². The summed E-state index contributed by atoms with van der Waals surface area (Å²) in [6.45, 7) is 2.12. The van der Waals surface area contributed by atoms with Crippen LogP contribution in [0.25, 0.3) is 0 Å². The second-order valence-corrected chi connectivity index (χ2v) is 8.67. The Bertz CT molecular complexity index is 1110. The molecule has 32 heavy (non-hydrogen) atoms. The number of nitrogens with two attached hydrogens (primary N) is 1. The van der Waals surface area contributed by atoms with Gasteiger partial charge in [0.2, 0.25) is 5.96 Å². The van der Waals surface area contributed by atoms with E-state index in [9.17, 15) is 0 Å². The lowest BCUT2D eigenvalue weighted by molar-refractivity contribution is 0.735. The molecular weight excluding hydrogens is 416 g/mol. The first kappa shape index (κ1) is 21.5. The number of hydrazine groups is 1. The molecule has 0 amide bonds. The number of nitrogen functional groups attached to an aromatic ring is 1. The number of nitrogens with one attached hydrogen (secondary N) is 3. The zero-order chi connectivity index (χ0) is 22.2. The number of rotatable bonds is 7. The highest BCUT2D eigenvalue weighted by Gasteiger charge is 2.23. The first-order valence-electron chi connectivity index (χ1n) is 10.4. The van der Waals surface area contributed by atoms with Crippen LogP contribution in [-0.2, 0) is 0 Å². The highest BCUT2D eigenvalue weighted by atomic mass is 32.2. The van der Waals surface area contributed by atoms with Crippen molar-refractivity contribution in [2.24, 2.45) is 10.1 Å². The van der Waals surface area contributed by atoms with Crippen LogP contribution in [-0.4, -0.2) is 16.9 Å². The molecule has 4 rings (SSSR count). The van der Waals surface area contributed by atoms with Gasteiger partial charge in [-0.05, 0) is 24.6 Å². The minimum absolute atomic E-state index is 0.205. The standard InChI is InChI=1S/C25H26N6S/c1-18(32-22-15-9-8-14-21(22)26)16-17-27-30-25-28-23(19-10-4-2-5-11-19)24(29-31-25)20-12-6-3-7-13-20/h2-18,23,27H,26H2,1H3,(H2,28,30,31)/b17-16-/t18-,23+/m0/s1. The summed E-state index contributed by atoms with van der Waals surface area (Å²) in [5.41, 5.74) is 19.0. The van der Waals surface area contributed by atoms with Gasteiger partial charge in [-0.15, -0.1) is 11.8 Å². The lowest BCUT2D eigenvalue weighted by Crippen LogP contribution is -2.44. The Morgan fingerprint density at radius 3 is 2.41 bits per heavy atom. The Balaban J connectivity index is 1.40. The quantitative estimate of drug-likeness (QED) is 0.247. The van der Waals surface area contributed by atoms with Crippen molar-refractivity contribution < 1.29 is 0 Å².